The van der Waals surface area contributed by atoms with E-state index in [1.54, 1.807) is 12.3 Å². The molecule has 2 aromatic carbocycles. The zero-order valence-electron chi connectivity index (χ0n) is 16.5. The predicted octanol–water partition coefficient (Wildman–Crippen LogP) is 3.84. The summed E-state index contributed by atoms with van der Waals surface area (Å²) in [4.78, 5) is 28.5. The molecule has 1 heterocycles. The first-order chi connectivity index (χ1) is 13.9. The average Bonchev–Trinajstić information content (AvgIpc) is 2.71. The van der Waals surface area contributed by atoms with Gasteiger partial charge >= 0.3 is 5.97 Å². The lowest BCUT2D eigenvalue weighted by Crippen LogP contribution is -2.49. The second kappa shape index (κ2) is 8.73. The maximum Gasteiger partial charge on any atom is 0.328 e. The molecular formula is C23H24N2O4. The van der Waals surface area contributed by atoms with Gasteiger partial charge in [-0.3, -0.25) is 9.78 Å². The molecule has 3 aromatic rings. The van der Waals surface area contributed by atoms with Gasteiger partial charge in [-0.2, -0.15) is 0 Å². The summed E-state index contributed by atoms with van der Waals surface area (Å²) in [5, 5.41) is 13.6. The summed E-state index contributed by atoms with van der Waals surface area (Å²) in [7, 11) is 0. The standard InChI is InChI=1S/C23H24N2O4/c1-23(2,22(27)28)25-21(26)19-13-12-16-8-3-4-11-18(16)20(19)29-15-7-10-17-9-5-6-14-24-17/h3-6,8-9,11-14H,7,10,15H2,1-2H3,(H,25,26)(H,27,28). The van der Waals surface area contributed by atoms with E-state index in [2.05, 4.69) is 10.3 Å². The predicted molar refractivity (Wildman–Crippen MR) is 111 cm³/mol. The van der Waals surface area contributed by atoms with Crippen molar-refractivity contribution >= 4 is 22.6 Å². The van der Waals surface area contributed by atoms with Gasteiger partial charge in [-0.25, -0.2) is 4.79 Å². The van der Waals surface area contributed by atoms with Crippen LogP contribution >= 0.6 is 0 Å². The topological polar surface area (TPSA) is 88.5 Å². The normalized spacial score (nSPS) is 11.2. The van der Waals surface area contributed by atoms with E-state index in [4.69, 9.17) is 4.74 Å². The van der Waals surface area contributed by atoms with Crippen molar-refractivity contribution in [3.8, 4) is 5.75 Å². The number of fused-ring (bicyclic) bond motifs is 1. The molecule has 29 heavy (non-hydrogen) atoms. The maximum absolute atomic E-state index is 12.8. The maximum atomic E-state index is 12.8. The Labute approximate surface area is 169 Å². The third kappa shape index (κ3) is 4.90. The molecule has 0 fully saturated rings. The molecule has 0 aliphatic rings. The van der Waals surface area contributed by atoms with E-state index in [0.29, 0.717) is 17.9 Å². The van der Waals surface area contributed by atoms with Gasteiger partial charge in [-0.05, 0) is 50.3 Å². The van der Waals surface area contributed by atoms with Gasteiger partial charge in [0.1, 0.15) is 11.3 Å². The number of carbonyl (C=O) groups is 2. The third-order valence-electron chi connectivity index (χ3n) is 4.63. The minimum Gasteiger partial charge on any atom is -0.492 e. The van der Waals surface area contributed by atoms with Gasteiger partial charge in [0.25, 0.3) is 5.91 Å². The van der Waals surface area contributed by atoms with Crippen LogP contribution in [0.15, 0.2) is 60.8 Å². The largest absolute Gasteiger partial charge is 0.492 e. The lowest BCUT2D eigenvalue weighted by atomic mass is 10.0. The molecule has 0 saturated heterocycles. The minimum atomic E-state index is -1.39. The first-order valence-electron chi connectivity index (χ1n) is 9.49. The number of amides is 1. The van der Waals surface area contributed by atoms with E-state index in [1.165, 1.54) is 13.8 Å². The number of aromatic nitrogens is 1. The van der Waals surface area contributed by atoms with Crippen molar-refractivity contribution in [2.24, 2.45) is 0 Å². The van der Waals surface area contributed by atoms with Gasteiger partial charge in [0, 0.05) is 17.3 Å². The van der Waals surface area contributed by atoms with Crippen molar-refractivity contribution in [2.75, 3.05) is 6.61 Å². The van der Waals surface area contributed by atoms with Crippen LogP contribution in [0.4, 0.5) is 0 Å². The number of carboxylic acid groups (broad SMARTS) is 1. The first kappa shape index (κ1) is 20.3. The van der Waals surface area contributed by atoms with Gasteiger partial charge in [0.05, 0.1) is 12.2 Å². The molecule has 1 amide bonds. The number of ether oxygens (including phenoxy) is 1. The van der Waals surface area contributed by atoms with Crippen molar-refractivity contribution in [2.45, 2.75) is 32.2 Å². The zero-order chi connectivity index (χ0) is 20.9. The number of rotatable bonds is 8. The van der Waals surface area contributed by atoms with Crippen LogP contribution in [-0.4, -0.2) is 34.1 Å². The summed E-state index contributed by atoms with van der Waals surface area (Å²) in [6.07, 6.45) is 3.26. The van der Waals surface area contributed by atoms with Crippen LogP contribution in [0, 0.1) is 0 Å². The number of nitrogens with zero attached hydrogens (tertiary/aromatic N) is 1. The highest BCUT2D eigenvalue weighted by Crippen LogP contribution is 2.30. The summed E-state index contributed by atoms with van der Waals surface area (Å²) in [6.45, 7) is 3.30. The monoisotopic (exact) mass is 392 g/mol. The van der Waals surface area contributed by atoms with Crippen LogP contribution in [0.5, 0.6) is 5.75 Å². The number of hydrogen-bond donors (Lipinski definition) is 2. The number of carboxylic acids is 1. The van der Waals surface area contributed by atoms with Crippen LogP contribution in [0.2, 0.25) is 0 Å². The SMILES string of the molecule is CC(C)(NC(=O)c1ccc2ccccc2c1OCCCc1ccccn1)C(=O)O. The molecule has 0 aliphatic heterocycles. The average molecular weight is 392 g/mol. The Morgan fingerprint density at radius 3 is 2.55 bits per heavy atom. The van der Waals surface area contributed by atoms with Crippen LogP contribution in [0.1, 0.15) is 36.3 Å². The second-order valence-electron chi connectivity index (χ2n) is 7.32. The van der Waals surface area contributed by atoms with Crippen molar-refractivity contribution in [3.63, 3.8) is 0 Å². The number of aliphatic carboxylic acids is 1. The van der Waals surface area contributed by atoms with Crippen LogP contribution in [-0.2, 0) is 11.2 Å². The number of benzene rings is 2. The highest BCUT2D eigenvalue weighted by molar-refractivity contribution is 6.05. The van der Waals surface area contributed by atoms with E-state index in [0.717, 1.165) is 29.3 Å². The molecule has 0 radical (unpaired) electrons. The van der Waals surface area contributed by atoms with Crippen LogP contribution in [0.25, 0.3) is 10.8 Å². The molecule has 3 rings (SSSR count). The summed E-state index contributed by atoms with van der Waals surface area (Å²) in [5.74, 6) is -1.13. The zero-order valence-corrected chi connectivity index (χ0v) is 16.5. The second-order valence-corrected chi connectivity index (χ2v) is 7.32. The van der Waals surface area contributed by atoms with Gasteiger partial charge in [-0.1, -0.05) is 36.4 Å². The number of pyridine rings is 1. The van der Waals surface area contributed by atoms with Gasteiger partial charge in [0.2, 0.25) is 0 Å². The Kier molecular flexibility index (Phi) is 6.12. The van der Waals surface area contributed by atoms with Crippen LogP contribution < -0.4 is 10.1 Å². The van der Waals surface area contributed by atoms with Crippen LogP contribution in [0.3, 0.4) is 0 Å². The van der Waals surface area contributed by atoms with Gasteiger partial charge in [-0.15, -0.1) is 0 Å². The fourth-order valence-corrected chi connectivity index (χ4v) is 2.96. The van der Waals surface area contributed by atoms with Crippen molar-refractivity contribution < 1.29 is 19.4 Å². The minimum absolute atomic E-state index is 0.316. The lowest BCUT2D eigenvalue weighted by molar-refractivity contribution is -0.143. The number of carbonyl (C=O) groups excluding carboxylic acids is 1. The molecular weight excluding hydrogens is 368 g/mol. The van der Waals surface area contributed by atoms with Crippen molar-refractivity contribution in [1.82, 2.24) is 10.3 Å². The van der Waals surface area contributed by atoms with E-state index in [1.807, 2.05) is 48.5 Å². The third-order valence-corrected chi connectivity index (χ3v) is 4.63. The van der Waals surface area contributed by atoms with E-state index < -0.39 is 17.4 Å². The summed E-state index contributed by atoms with van der Waals surface area (Å²) in [6, 6.07) is 16.9. The molecule has 0 aliphatic carbocycles. The molecule has 0 spiro atoms. The van der Waals surface area contributed by atoms with E-state index in [-0.39, 0.29) is 0 Å². The molecule has 0 bridgehead atoms. The van der Waals surface area contributed by atoms with E-state index >= 15 is 0 Å². The molecule has 2 N–H and O–H groups in total. The molecule has 0 unspecified atom stereocenters. The Morgan fingerprint density at radius 1 is 1.07 bits per heavy atom. The summed E-state index contributed by atoms with van der Waals surface area (Å²) in [5.41, 5.74) is -0.0926. The highest BCUT2D eigenvalue weighted by atomic mass is 16.5. The Morgan fingerprint density at radius 2 is 1.83 bits per heavy atom. The molecule has 0 saturated carbocycles. The molecule has 1 aromatic heterocycles. The highest BCUT2D eigenvalue weighted by Gasteiger charge is 2.30. The number of nitrogens with one attached hydrogen (secondary N) is 1. The fraction of sp³-hybridized carbons (Fsp3) is 0.261. The Bertz CT molecular complexity index is 1020. The molecule has 6 heteroatoms. The smallest absolute Gasteiger partial charge is 0.328 e. The molecule has 150 valence electrons. The van der Waals surface area contributed by atoms with Gasteiger partial charge < -0.3 is 15.2 Å². The Hall–Kier alpha value is -3.41. The number of aryl methyl sites for hydroxylation is 1. The quantitative estimate of drug-likeness (QED) is 0.569. The summed E-state index contributed by atoms with van der Waals surface area (Å²) < 4.78 is 6.03. The van der Waals surface area contributed by atoms with Gasteiger partial charge in [0.15, 0.2) is 0 Å². The molecule has 6 nitrogen and oxygen atoms in total. The van der Waals surface area contributed by atoms with Crippen molar-refractivity contribution in [1.29, 1.82) is 0 Å². The fourth-order valence-electron chi connectivity index (χ4n) is 2.96. The Balaban J connectivity index is 1.82. The summed E-state index contributed by atoms with van der Waals surface area (Å²) >= 11 is 0. The lowest BCUT2D eigenvalue weighted by Gasteiger charge is -2.22. The number of hydrogen-bond acceptors (Lipinski definition) is 4. The molecule has 0 atom stereocenters. The van der Waals surface area contributed by atoms with Crippen molar-refractivity contribution in [3.05, 3.63) is 72.1 Å². The van der Waals surface area contributed by atoms with E-state index in [9.17, 15) is 14.7 Å². The first-order valence-corrected chi connectivity index (χ1v) is 9.49.